The molecule has 2 unspecified atom stereocenters. The molecular weight excluding hydrogens is 228 g/mol. The lowest BCUT2D eigenvalue weighted by molar-refractivity contribution is -0.145. The molecule has 0 rings (SSSR count). The van der Waals surface area contributed by atoms with Crippen molar-refractivity contribution in [3.8, 4) is 0 Å². The summed E-state index contributed by atoms with van der Waals surface area (Å²) in [5.41, 5.74) is 0. The first-order valence-electron chi connectivity index (χ1n) is 5.18. The van der Waals surface area contributed by atoms with Gasteiger partial charge >= 0.3 is 11.9 Å². The molecule has 98 valence electrons. The lowest BCUT2D eigenvalue weighted by Gasteiger charge is -2.09. The zero-order valence-electron chi connectivity index (χ0n) is 10.2. The van der Waals surface area contributed by atoms with Crippen molar-refractivity contribution in [3.05, 3.63) is 12.2 Å². The first-order valence-corrected chi connectivity index (χ1v) is 5.18. The Bertz CT molecular complexity index is 271. The fraction of sp³-hybridized carbons (Fsp3) is 0.636. The Hall–Kier alpha value is -1.40. The molecule has 0 saturated heterocycles. The smallest absolute Gasteiger partial charge is 0.331 e. The minimum absolute atomic E-state index is 0.113. The van der Waals surface area contributed by atoms with Gasteiger partial charge in [-0.05, 0) is 13.8 Å². The predicted octanol–water partition coefficient (Wildman–Crippen LogP) is 0.0447. The van der Waals surface area contributed by atoms with Crippen LogP contribution in [0.1, 0.15) is 13.8 Å². The zero-order valence-corrected chi connectivity index (χ0v) is 10.2. The second-order valence-corrected chi connectivity index (χ2v) is 3.52. The maximum atomic E-state index is 11.1. The lowest BCUT2D eigenvalue weighted by Crippen LogP contribution is -2.18. The summed E-state index contributed by atoms with van der Waals surface area (Å²) >= 11 is 0. The molecule has 17 heavy (non-hydrogen) atoms. The van der Waals surface area contributed by atoms with Gasteiger partial charge in [-0.2, -0.15) is 0 Å². The highest BCUT2D eigenvalue weighted by Gasteiger charge is 2.07. The third kappa shape index (κ3) is 9.52. The number of aliphatic hydroxyl groups excluding tert-OH is 1. The number of carbonyl (C=O) groups is 2. The average molecular weight is 246 g/mol. The summed E-state index contributed by atoms with van der Waals surface area (Å²) in [5, 5.41) is 8.85. The molecule has 0 heterocycles. The number of esters is 2. The fourth-order valence-electron chi connectivity index (χ4n) is 0.893. The highest BCUT2D eigenvalue weighted by Crippen LogP contribution is 1.94. The predicted molar refractivity (Wildman–Crippen MR) is 59.2 cm³/mol. The summed E-state index contributed by atoms with van der Waals surface area (Å²) in [7, 11) is 1.49. The molecule has 0 spiro atoms. The van der Waals surface area contributed by atoms with Crippen molar-refractivity contribution in [2.75, 3.05) is 20.3 Å². The van der Waals surface area contributed by atoms with E-state index in [0.717, 1.165) is 12.2 Å². The number of aliphatic hydroxyl groups is 1. The summed E-state index contributed by atoms with van der Waals surface area (Å²) in [6.07, 6.45) is 0.799. The summed E-state index contributed by atoms with van der Waals surface area (Å²) in [4.78, 5) is 22.2. The first kappa shape index (κ1) is 15.6. The summed E-state index contributed by atoms with van der Waals surface area (Å²) in [6.45, 7) is 3.32. The average Bonchev–Trinajstić information content (AvgIpc) is 2.23. The Kier molecular flexibility index (Phi) is 8.00. The maximum Gasteiger partial charge on any atom is 0.331 e. The molecule has 0 fully saturated rings. The molecule has 6 nitrogen and oxygen atoms in total. The van der Waals surface area contributed by atoms with Crippen molar-refractivity contribution >= 4 is 11.9 Å². The van der Waals surface area contributed by atoms with Crippen molar-refractivity contribution in [2.45, 2.75) is 26.1 Å². The van der Waals surface area contributed by atoms with Crippen LogP contribution in [0, 0.1) is 0 Å². The molecular formula is C11H18O6. The molecule has 0 radical (unpaired) electrons. The summed E-state index contributed by atoms with van der Waals surface area (Å²) in [5.74, 6) is -1.36. The van der Waals surface area contributed by atoms with E-state index in [4.69, 9.17) is 14.6 Å². The fourth-order valence-corrected chi connectivity index (χ4v) is 0.893. The quantitative estimate of drug-likeness (QED) is 0.504. The largest absolute Gasteiger partial charge is 0.460 e. The number of methoxy groups -OCH3 is 1. The normalized spacial score (nSPS) is 14.4. The molecule has 0 amide bonds. The van der Waals surface area contributed by atoms with E-state index >= 15 is 0 Å². The zero-order chi connectivity index (χ0) is 13.3. The number of hydrogen-bond acceptors (Lipinski definition) is 6. The van der Waals surface area contributed by atoms with Crippen molar-refractivity contribution in [1.82, 2.24) is 0 Å². The molecule has 2 atom stereocenters. The lowest BCUT2D eigenvalue weighted by atomic mass is 10.4. The van der Waals surface area contributed by atoms with Crippen molar-refractivity contribution in [3.63, 3.8) is 0 Å². The van der Waals surface area contributed by atoms with Crippen LogP contribution in [0.2, 0.25) is 0 Å². The number of hydrogen-bond donors (Lipinski definition) is 1. The second kappa shape index (κ2) is 8.72. The SMILES string of the molecule is COCC(C)OC(=O)/C=C\C(=O)OCC(C)O. The third-order valence-electron chi connectivity index (χ3n) is 1.54. The van der Waals surface area contributed by atoms with Gasteiger partial charge in [0.25, 0.3) is 0 Å². The Morgan fingerprint density at radius 1 is 1.18 bits per heavy atom. The van der Waals surface area contributed by atoms with Gasteiger partial charge in [-0.1, -0.05) is 0 Å². The van der Waals surface area contributed by atoms with Crippen LogP contribution in [-0.4, -0.2) is 49.6 Å². The van der Waals surface area contributed by atoms with Gasteiger partial charge in [0.15, 0.2) is 0 Å². The van der Waals surface area contributed by atoms with E-state index in [2.05, 4.69) is 4.74 Å². The highest BCUT2D eigenvalue weighted by atomic mass is 16.6. The minimum atomic E-state index is -0.735. The molecule has 0 bridgehead atoms. The van der Waals surface area contributed by atoms with E-state index < -0.39 is 18.0 Å². The molecule has 0 aromatic carbocycles. The molecule has 1 N–H and O–H groups in total. The first-order chi connectivity index (χ1) is 7.95. The van der Waals surface area contributed by atoms with Gasteiger partial charge in [-0.3, -0.25) is 0 Å². The highest BCUT2D eigenvalue weighted by molar-refractivity contribution is 5.91. The summed E-state index contributed by atoms with van der Waals surface area (Å²) in [6, 6.07) is 0. The molecule has 0 aliphatic heterocycles. The monoisotopic (exact) mass is 246 g/mol. The van der Waals surface area contributed by atoms with Crippen molar-refractivity contribution in [1.29, 1.82) is 0 Å². The number of rotatable bonds is 7. The number of ether oxygens (including phenoxy) is 3. The van der Waals surface area contributed by atoms with Gasteiger partial charge in [0.1, 0.15) is 12.7 Å². The van der Waals surface area contributed by atoms with E-state index in [1.807, 2.05) is 0 Å². The van der Waals surface area contributed by atoms with Crippen LogP contribution in [0.5, 0.6) is 0 Å². The third-order valence-corrected chi connectivity index (χ3v) is 1.54. The van der Waals surface area contributed by atoms with Crippen LogP contribution in [0.3, 0.4) is 0 Å². The van der Waals surface area contributed by atoms with Gasteiger partial charge < -0.3 is 19.3 Å². The molecule has 0 saturated carbocycles. The number of carbonyl (C=O) groups excluding carboxylic acids is 2. The minimum Gasteiger partial charge on any atom is -0.460 e. The topological polar surface area (TPSA) is 82.1 Å². The second-order valence-electron chi connectivity index (χ2n) is 3.52. The van der Waals surface area contributed by atoms with Crippen LogP contribution >= 0.6 is 0 Å². The standard InChI is InChI=1S/C11H18O6/c1-8(12)6-16-10(13)4-5-11(14)17-9(2)7-15-3/h4-5,8-9,12H,6-7H2,1-3H3/b5-4-. The van der Waals surface area contributed by atoms with Gasteiger partial charge in [-0.25, -0.2) is 9.59 Å². The van der Waals surface area contributed by atoms with E-state index in [-0.39, 0.29) is 19.3 Å². The molecule has 0 aliphatic carbocycles. The molecule has 0 aromatic rings. The van der Waals surface area contributed by atoms with Crippen LogP contribution in [0.15, 0.2) is 12.2 Å². The van der Waals surface area contributed by atoms with Crippen molar-refractivity contribution in [2.24, 2.45) is 0 Å². The van der Waals surface area contributed by atoms with Crippen LogP contribution in [-0.2, 0) is 23.8 Å². The Balaban J connectivity index is 3.90. The van der Waals surface area contributed by atoms with Crippen molar-refractivity contribution < 1.29 is 28.9 Å². The Labute approximate surface area is 100 Å². The molecule has 0 aromatic heterocycles. The Morgan fingerprint density at radius 2 is 1.76 bits per heavy atom. The van der Waals surface area contributed by atoms with Gasteiger partial charge in [0.2, 0.25) is 0 Å². The van der Waals surface area contributed by atoms with Gasteiger partial charge in [-0.15, -0.1) is 0 Å². The summed E-state index contributed by atoms with van der Waals surface area (Å²) < 4.78 is 14.2. The van der Waals surface area contributed by atoms with Crippen LogP contribution < -0.4 is 0 Å². The van der Waals surface area contributed by atoms with Gasteiger partial charge in [0, 0.05) is 19.3 Å². The van der Waals surface area contributed by atoms with Gasteiger partial charge in [0.05, 0.1) is 12.7 Å². The molecule has 6 heteroatoms. The maximum absolute atomic E-state index is 11.1. The van der Waals surface area contributed by atoms with E-state index in [9.17, 15) is 9.59 Å². The van der Waals surface area contributed by atoms with E-state index in [1.165, 1.54) is 14.0 Å². The van der Waals surface area contributed by atoms with E-state index in [1.54, 1.807) is 6.92 Å². The molecule has 0 aliphatic rings. The van der Waals surface area contributed by atoms with E-state index in [0.29, 0.717) is 0 Å². The van der Waals surface area contributed by atoms with Crippen LogP contribution in [0.4, 0.5) is 0 Å². The Morgan fingerprint density at radius 3 is 2.29 bits per heavy atom. The van der Waals surface area contributed by atoms with Crippen LogP contribution in [0.25, 0.3) is 0 Å².